The minimum atomic E-state index is -0.632. The zero-order valence-corrected chi connectivity index (χ0v) is 9.41. The number of phenols is 1. The molecule has 1 aromatic rings. The molecule has 1 aromatic carbocycles. The number of nitrogens with zero attached hydrogens (tertiary/aromatic N) is 1. The number of likely N-dealkylation sites (tertiary alicyclic amines) is 1. The molecule has 1 saturated heterocycles. The van der Waals surface area contributed by atoms with E-state index in [9.17, 15) is 15.0 Å². The molecule has 2 N–H and O–H groups in total. The molecule has 0 aromatic heterocycles. The Labute approximate surface area is 99.5 Å². The highest BCUT2D eigenvalue weighted by atomic mass is 16.3. The Hall–Kier alpha value is -1.55. The highest BCUT2D eigenvalue weighted by molar-refractivity contribution is 5.80. The summed E-state index contributed by atoms with van der Waals surface area (Å²) in [6, 6.07) is 6.80. The highest BCUT2D eigenvalue weighted by Crippen LogP contribution is 2.41. The van der Waals surface area contributed by atoms with E-state index < -0.39 is 6.10 Å². The van der Waals surface area contributed by atoms with Crippen molar-refractivity contribution in [1.29, 1.82) is 0 Å². The predicted octanol–water partition coefficient (Wildman–Crippen LogP) is 1.19. The van der Waals surface area contributed by atoms with Crippen LogP contribution in [0.5, 0.6) is 5.75 Å². The van der Waals surface area contributed by atoms with Gasteiger partial charge in [0.1, 0.15) is 5.75 Å². The molecule has 2 atom stereocenters. The molecule has 2 aliphatic rings. The average Bonchev–Trinajstić information content (AvgIpc) is 3.07. The summed E-state index contributed by atoms with van der Waals surface area (Å²) in [6.07, 6.45) is 1.65. The van der Waals surface area contributed by atoms with Gasteiger partial charge in [0.15, 0.2) is 0 Å². The van der Waals surface area contributed by atoms with Crippen LogP contribution in [0.25, 0.3) is 0 Å². The maximum atomic E-state index is 11.8. The molecule has 4 nitrogen and oxygen atoms in total. The molecule has 1 amide bonds. The lowest BCUT2D eigenvalue weighted by atomic mass is 10.0. The molecular weight excluding hydrogens is 218 g/mol. The van der Waals surface area contributed by atoms with E-state index in [-0.39, 0.29) is 24.1 Å². The number of rotatable bonds is 2. The Balaban J connectivity index is 1.93. The second kappa shape index (κ2) is 3.74. The monoisotopic (exact) mass is 233 g/mol. The van der Waals surface area contributed by atoms with Crippen molar-refractivity contribution >= 4 is 5.91 Å². The molecule has 17 heavy (non-hydrogen) atoms. The molecule has 4 heteroatoms. The summed E-state index contributed by atoms with van der Waals surface area (Å²) in [7, 11) is 0. The summed E-state index contributed by atoms with van der Waals surface area (Å²) in [5, 5.41) is 19.3. The lowest BCUT2D eigenvalue weighted by Crippen LogP contribution is -2.32. The van der Waals surface area contributed by atoms with Crippen molar-refractivity contribution in [1.82, 2.24) is 4.90 Å². The average molecular weight is 233 g/mol. The van der Waals surface area contributed by atoms with Gasteiger partial charge >= 0.3 is 0 Å². The van der Waals surface area contributed by atoms with Crippen molar-refractivity contribution < 1.29 is 15.0 Å². The summed E-state index contributed by atoms with van der Waals surface area (Å²) in [5.74, 6) is 0.239. The molecular formula is C13H15NO3. The third-order valence-electron chi connectivity index (χ3n) is 3.51. The van der Waals surface area contributed by atoms with Crippen molar-refractivity contribution in [2.45, 2.75) is 37.5 Å². The normalized spacial score (nSPS) is 28.8. The molecule has 0 spiro atoms. The quantitative estimate of drug-likeness (QED) is 0.806. The molecule has 1 aliphatic heterocycles. The fourth-order valence-electron chi connectivity index (χ4n) is 2.57. The van der Waals surface area contributed by atoms with Gasteiger partial charge in [-0.3, -0.25) is 4.79 Å². The molecule has 2 unspecified atom stereocenters. The van der Waals surface area contributed by atoms with Gasteiger partial charge in [0.25, 0.3) is 0 Å². The van der Waals surface area contributed by atoms with Gasteiger partial charge in [-0.1, -0.05) is 12.1 Å². The lowest BCUT2D eigenvalue weighted by Gasteiger charge is -2.26. The number of benzene rings is 1. The van der Waals surface area contributed by atoms with E-state index in [0.717, 1.165) is 18.4 Å². The van der Waals surface area contributed by atoms with Crippen LogP contribution in [0.15, 0.2) is 24.3 Å². The molecule has 0 bridgehead atoms. The standard InChI is InChI=1S/C13H15NO3/c15-10-5-1-8(2-6-10)13-11(16)7-12(17)14(13)9-3-4-9/h1-2,5-6,9,11,13,15-16H,3-4,7H2. The first-order valence-corrected chi connectivity index (χ1v) is 5.95. The number of aliphatic hydroxyl groups excluding tert-OH is 1. The minimum absolute atomic E-state index is 0.0399. The van der Waals surface area contributed by atoms with Crippen LogP contribution in [-0.4, -0.2) is 33.2 Å². The van der Waals surface area contributed by atoms with Gasteiger partial charge in [-0.2, -0.15) is 0 Å². The minimum Gasteiger partial charge on any atom is -0.508 e. The lowest BCUT2D eigenvalue weighted by molar-refractivity contribution is -0.129. The van der Waals surface area contributed by atoms with Crippen LogP contribution in [0.4, 0.5) is 0 Å². The fourth-order valence-corrected chi connectivity index (χ4v) is 2.57. The Bertz CT molecular complexity index is 438. The van der Waals surface area contributed by atoms with Gasteiger partial charge in [0, 0.05) is 6.04 Å². The van der Waals surface area contributed by atoms with Crippen LogP contribution >= 0.6 is 0 Å². The van der Waals surface area contributed by atoms with Crippen LogP contribution in [0.1, 0.15) is 30.9 Å². The Morgan fingerprint density at radius 2 is 1.82 bits per heavy atom. The van der Waals surface area contributed by atoms with E-state index in [0.29, 0.717) is 6.04 Å². The third kappa shape index (κ3) is 1.78. The van der Waals surface area contributed by atoms with Gasteiger partial charge in [-0.25, -0.2) is 0 Å². The Morgan fingerprint density at radius 1 is 1.18 bits per heavy atom. The number of hydrogen-bond donors (Lipinski definition) is 2. The summed E-state index contributed by atoms with van der Waals surface area (Å²) >= 11 is 0. The molecule has 0 radical (unpaired) electrons. The number of aliphatic hydroxyl groups is 1. The molecule has 1 aliphatic carbocycles. The van der Waals surface area contributed by atoms with Gasteiger partial charge in [-0.15, -0.1) is 0 Å². The summed E-state index contributed by atoms with van der Waals surface area (Å²) in [5.41, 5.74) is 0.896. The number of phenolic OH excluding ortho intramolecular Hbond substituents is 1. The maximum absolute atomic E-state index is 11.8. The third-order valence-corrected chi connectivity index (χ3v) is 3.51. The number of amides is 1. The smallest absolute Gasteiger partial charge is 0.226 e. The second-order valence-corrected chi connectivity index (χ2v) is 4.84. The first-order valence-electron chi connectivity index (χ1n) is 5.95. The summed E-state index contributed by atoms with van der Waals surface area (Å²) in [4.78, 5) is 13.6. The number of carbonyl (C=O) groups excluding carboxylic acids is 1. The van der Waals surface area contributed by atoms with Crippen LogP contribution < -0.4 is 0 Å². The Morgan fingerprint density at radius 3 is 2.41 bits per heavy atom. The van der Waals surface area contributed by atoms with E-state index in [1.165, 1.54) is 0 Å². The van der Waals surface area contributed by atoms with E-state index >= 15 is 0 Å². The number of aromatic hydroxyl groups is 1. The van der Waals surface area contributed by atoms with E-state index in [1.54, 1.807) is 24.3 Å². The van der Waals surface area contributed by atoms with Crippen LogP contribution in [0.2, 0.25) is 0 Å². The summed E-state index contributed by atoms with van der Waals surface area (Å²) in [6.45, 7) is 0. The molecule has 2 fully saturated rings. The fraction of sp³-hybridized carbons (Fsp3) is 0.462. The SMILES string of the molecule is O=C1CC(O)C(c2ccc(O)cc2)N1C1CC1. The van der Waals surface area contributed by atoms with Crippen molar-refractivity contribution in [3.05, 3.63) is 29.8 Å². The molecule has 1 heterocycles. The number of carbonyl (C=O) groups is 1. The van der Waals surface area contributed by atoms with E-state index in [2.05, 4.69) is 0 Å². The molecule has 1 saturated carbocycles. The van der Waals surface area contributed by atoms with Gasteiger partial charge in [0.2, 0.25) is 5.91 Å². The Kier molecular flexibility index (Phi) is 2.33. The first kappa shape index (κ1) is 10.6. The van der Waals surface area contributed by atoms with Crippen LogP contribution in [0.3, 0.4) is 0 Å². The van der Waals surface area contributed by atoms with Crippen molar-refractivity contribution in [3.8, 4) is 5.75 Å². The highest BCUT2D eigenvalue weighted by Gasteiger charge is 2.46. The van der Waals surface area contributed by atoms with Crippen LogP contribution in [0, 0.1) is 0 Å². The summed E-state index contributed by atoms with van der Waals surface area (Å²) < 4.78 is 0. The second-order valence-electron chi connectivity index (χ2n) is 4.84. The maximum Gasteiger partial charge on any atom is 0.226 e. The zero-order valence-electron chi connectivity index (χ0n) is 9.41. The van der Waals surface area contributed by atoms with Gasteiger partial charge < -0.3 is 15.1 Å². The largest absolute Gasteiger partial charge is 0.508 e. The van der Waals surface area contributed by atoms with Crippen molar-refractivity contribution in [2.75, 3.05) is 0 Å². The predicted molar refractivity (Wildman–Crippen MR) is 61.3 cm³/mol. The molecule has 3 rings (SSSR count). The van der Waals surface area contributed by atoms with Gasteiger partial charge in [0.05, 0.1) is 18.6 Å². The van der Waals surface area contributed by atoms with E-state index in [1.807, 2.05) is 4.90 Å². The first-order chi connectivity index (χ1) is 8.16. The molecule has 90 valence electrons. The van der Waals surface area contributed by atoms with Crippen molar-refractivity contribution in [3.63, 3.8) is 0 Å². The van der Waals surface area contributed by atoms with Gasteiger partial charge in [-0.05, 0) is 30.5 Å². The van der Waals surface area contributed by atoms with E-state index in [4.69, 9.17) is 0 Å². The number of hydrogen-bond acceptors (Lipinski definition) is 3. The van der Waals surface area contributed by atoms with Crippen molar-refractivity contribution in [2.24, 2.45) is 0 Å². The van der Waals surface area contributed by atoms with Crippen LogP contribution in [-0.2, 0) is 4.79 Å². The topological polar surface area (TPSA) is 60.8 Å². The zero-order chi connectivity index (χ0) is 12.0.